The lowest BCUT2D eigenvalue weighted by atomic mass is 10.1. The maximum atomic E-state index is 11.6. The highest BCUT2D eigenvalue weighted by atomic mass is 35.5. The fourth-order valence-electron chi connectivity index (χ4n) is 1.24. The maximum Gasteiger partial charge on any atom is 0.224 e. The Morgan fingerprint density at radius 1 is 1.31 bits per heavy atom. The highest BCUT2D eigenvalue weighted by Gasteiger charge is 2.10. The van der Waals surface area contributed by atoms with E-state index in [-0.39, 0.29) is 12.3 Å². The number of hydrogen-bond acceptors (Lipinski definition) is 1. The molecule has 0 radical (unpaired) electrons. The second kappa shape index (κ2) is 6.12. The van der Waals surface area contributed by atoms with E-state index in [1.54, 1.807) is 18.2 Å². The van der Waals surface area contributed by atoms with Crippen LogP contribution in [0.1, 0.15) is 19.4 Å². The van der Waals surface area contributed by atoms with E-state index in [2.05, 4.69) is 5.32 Å². The van der Waals surface area contributed by atoms with Crippen molar-refractivity contribution in [3.05, 3.63) is 33.8 Å². The van der Waals surface area contributed by atoms with Gasteiger partial charge in [-0.25, -0.2) is 0 Å². The van der Waals surface area contributed by atoms with Gasteiger partial charge in [0.2, 0.25) is 5.91 Å². The molecule has 0 unspecified atom stereocenters. The number of nitrogens with one attached hydrogen (secondary N) is 1. The minimum Gasteiger partial charge on any atom is -0.356 e. The van der Waals surface area contributed by atoms with Crippen molar-refractivity contribution in [2.45, 2.75) is 20.3 Å². The van der Waals surface area contributed by atoms with Crippen LogP contribution in [0, 0.1) is 5.92 Å². The average molecular weight is 260 g/mol. The average Bonchev–Trinajstić information content (AvgIpc) is 2.21. The summed E-state index contributed by atoms with van der Waals surface area (Å²) in [5.41, 5.74) is 0.687. The second-order valence-corrected chi connectivity index (χ2v) is 4.89. The molecule has 0 saturated carbocycles. The Morgan fingerprint density at radius 2 is 1.88 bits per heavy atom. The van der Waals surface area contributed by atoms with Crippen LogP contribution in [-0.4, -0.2) is 12.5 Å². The van der Waals surface area contributed by atoms with Crippen molar-refractivity contribution >= 4 is 29.1 Å². The van der Waals surface area contributed by atoms with Crippen LogP contribution in [0.4, 0.5) is 0 Å². The van der Waals surface area contributed by atoms with Crippen molar-refractivity contribution in [2.24, 2.45) is 5.92 Å². The van der Waals surface area contributed by atoms with Crippen LogP contribution in [0.2, 0.25) is 10.0 Å². The lowest BCUT2D eigenvalue weighted by Gasteiger charge is -2.09. The van der Waals surface area contributed by atoms with Gasteiger partial charge in [-0.05, 0) is 23.6 Å². The highest BCUT2D eigenvalue weighted by molar-refractivity contribution is 6.36. The highest BCUT2D eigenvalue weighted by Crippen LogP contribution is 2.24. The van der Waals surface area contributed by atoms with E-state index in [9.17, 15) is 4.79 Å². The molecule has 0 aromatic heterocycles. The van der Waals surface area contributed by atoms with Crippen molar-refractivity contribution in [2.75, 3.05) is 6.54 Å². The molecule has 0 heterocycles. The third-order valence-electron chi connectivity index (χ3n) is 2.11. The largest absolute Gasteiger partial charge is 0.356 e. The molecule has 0 fully saturated rings. The van der Waals surface area contributed by atoms with E-state index in [0.29, 0.717) is 28.1 Å². The molecule has 0 atom stereocenters. The number of amides is 1. The first kappa shape index (κ1) is 13.3. The third kappa shape index (κ3) is 4.03. The summed E-state index contributed by atoms with van der Waals surface area (Å²) in [7, 11) is 0. The van der Waals surface area contributed by atoms with E-state index in [1.165, 1.54) is 0 Å². The van der Waals surface area contributed by atoms with Crippen molar-refractivity contribution in [1.82, 2.24) is 5.32 Å². The lowest BCUT2D eigenvalue weighted by molar-refractivity contribution is -0.120. The monoisotopic (exact) mass is 259 g/mol. The van der Waals surface area contributed by atoms with Crippen LogP contribution >= 0.6 is 23.2 Å². The summed E-state index contributed by atoms with van der Waals surface area (Å²) >= 11 is 11.9. The molecule has 4 heteroatoms. The summed E-state index contributed by atoms with van der Waals surface area (Å²) in [6.07, 6.45) is 0.227. The van der Waals surface area contributed by atoms with Gasteiger partial charge in [-0.3, -0.25) is 4.79 Å². The lowest BCUT2D eigenvalue weighted by Crippen LogP contribution is -2.28. The molecule has 0 spiro atoms. The Hall–Kier alpha value is -0.730. The van der Waals surface area contributed by atoms with Gasteiger partial charge in [-0.2, -0.15) is 0 Å². The fourth-order valence-corrected chi connectivity index (χ4v) is 1.77. The standard InChI is InChI=1S/C12H15Cl2NO/c1-8(2)7-15-12(16)6-9-10(13)4-3-5-11(9)14/h3-5,8H,6-7H2,1-2H3,(H,15,16). The summed E-state index contributed by atoms with van der Waals surface area (Å²) in [4.78, 5) is 11.6. The zero-order chi connectivity index (χ0) is 12.1. The normalized spacial score (nSPS) is 10.6. The first-order valence-corrected chi connectivity index (χ1v) is 5.96. The Labute approximate surface area is 106 Å². The van der Waals surface area contributed by atoms with Gasteiger partial charge in [0.15, 0.2) is 0 Å². The molecule has 0 bridgehead atoms. The molecule has 1 aromatic rings. The van der Waals surface area contributed by atoms with Gasteiger partial charge in [0.05, 0.1) is 6.42 Å². The first-order chi connectivity index (χ1) is 7.50. The van der Waals surface area contributed by atoms with Gasteiger partial charge in [0.25, 0.3) is 0 Å². The summed E-state index contributed by atoms with van der Waals surface area (Å²) in [6.45, 7) is 4.76. The molecule has 1 aromatic carbocycles. The first-order valence-electron chi connectivity index (χ1n) is 5.20. The number of carbonyl (C=O) groups excluding carboxylic acids is 1. The minimum atomic E-state index is -0.0521. The van der Waals surface area contributed by atoms with Crippen LogP contribution in [0.25, 0.3) is 0 Å². The molecule has 0 aliphatic rings. The van der Waals surface area contributed by atoms with E-state index < -0.39 is 0 Å². The molecule has 2 nitrogen and oxygen atoms in total. The molecule has 1 N–H and O–H groups in total. The summed E-state index contributed by atoms with van der Waals surface area (Å²) < 4.78 is 0. The number of carbonyl (C=O) groups is 1. The minimum absolute atomic E-state index is 0.0521. The molecule has 0 saturated heterocycles. The van der Waals surface area contributed by atoms with Crippen molar-refractivity contribution < 1.29 is 4.79 Å². The predicted octanol–water partition coefficient (Wildman–Crippen LogP) is 3.31. The predicted molar refractivity (Wildman–Crippen MR) is 68.0 cm³/mol. The Bertz CT molecular complexity index is 357. The number of hydrogen-bond donors (Lipinski definition) is 1. The van der Waals surface area contributed by atoms with E-state index in [0.717, 1.165) is 0 Å². The van der Waals surface area contributed by atoms with Crippen LogP contribution in [0.5, 0.6) is 0 Å². The van der Waals surface area contributed by atoms with Gasteiger partial charge < -0.3 is 5.32 Å². The van der Waals surface area contributed by atoms with Crippen LogP contribution in [0.3, 0.4) is 0 Å². The molecular formula is C12H15Cl2NO. The summed E-state index contributed by atoms with van der Waals surface area (Å²) in [5.74, 6) is 0.384. The maximum absolute atomic E-state index is 11.6. The van der Waals surface area contributed by atoms with Gasteiger partial charge in [0, 0.05) is 16.6 Å². The fraction of sp³-hybridized carbons (Fsp3) is 0.417. The van der Waals surface area contributed by atoms with Crippen LogP contribution in [-0.2, 0) is 11.2 Å². The number of benzene rings is 1. The SMILES string of the molecule is CC(C)CNC(=O)Cc1c(Cl)cccc1Cl. The molecule has 16 heavy (non-hydrogen) atoms. The number of rotatable bonds is 4. The van der Waals surface area contributed by atoms with Gasteiger partial charge in [-0.1, -0.05) is 43.1 Å². The van der Waals surface area contributed by atoms with Gasteiger partial charge in [0.1, 0.15) is 0 Å². The quantitative estimate of drug-likeness (QED) is 0.884. The van der Waals surface area contributed by atoms with E-state index in [4.69, 9.17) is 23.2 Å². The molecule has 88 valence electrons. The van der Waals surface area contributed by atoms with Gasteiger partial charge in [-0.15, -0.1) is 0 Å². The van der Waals surface area contributed by atoms with Crippen LogP contribution in [0.15, 0.2) is 18.2 Å². The Balaban J connectivity index is 2.63. The third-order valence-corrected chi connectivity index (χ3v) is 2.81. The van der Waals surface area contributed by atoms with Crippen molar-refractivity contribution in [3.8, 4) is 0 Å². The Kier molecular flexibility index (Phi) is 5.10. The summed E-state index contributed by atoms with van der Waals surface area (Å²) in [5, 5.41) is 3.90. The van der Waals surface area contributed by atoms with E-state index >= 15 is 0 Å². The summed E-state index contributed by atoms with van der Waals surface area (Å²) in [6, 6.07) is 5.23. The zero-order valence-corrected chi connectivity index (χ0v) is 10.9. The molecule has 1 rings (SSSR count). The Morgan fingerprint density at radius 3 is 2.38 bits per heavy atom. The van der Waals surface area contributed by atoms with Crippen molar-refractivity contribution in [1.29, 1.82) is 0 Å². The molecule has 0 aliphatic heterocycles. The zero-order valence-electron chi connectivity index (χ0n) is 9.39. The number of halogens is 2. The second-order valence-electron chi connectivity index (χ2n) is 4.07. The molecule has 0 aliphatic carbocycles. The smallest absolute Gasteiger partial charge is 0.224 e. The topological polar surface area (TPSA) is 29.1 Å². The van der Waals surface area contributed by atoms with Gasteiger partial charge >= 0.3 is 0 Å². The molecule has 1 amide bonds. The van der Waals surface area contributed by atoms with E-state index in [1.807, 2.05) is 13.8 Å². The van der Waals surface area contributed by atoms with Crippen molar-refractivity contribution in [3.63, 3.8) is 0 Å². The molecular weight excluding hydrogens is 245 g/mol. The van der Waals surface area contributed by atoms with Crippen LogP contribution < -0.4 is 5.32 Å².